The van der Waals surface area contributed by atoms with Gasteiger partial charge in [0, 0.05) is 19.1 Å². The maximum absolute atomic E-state index is 9.98. The van der Waals surface area contributed by atoms with E-state index in [2.05, 4.69) is 0 Å². The zero-order valence-corrected chi connectivity index (χ0v) is 18.9. The molecule has 0 saturated heterocycles. The van der Waals surface area contributed by atoms with Gasteiger partial charge in [-0.25, -0.2) is 0 Å². The Balaban J connectivity index is -0.0000000936. The third-order valence-corrected chi connectivity index (χ3v) is 1.95. The largest absolute Gasteiger partial charge is 0.483 e. The van der Waals surface area contributed by atoms with E-state index in [4.69, 9.17) is 31.0 Å². The summed E-state index contributed by atoms with van der Waals surface area (Å²) in [6, 6.07) is 10.0. The Kier molecular flexibility index (Phi) is 39.1. The van der Waals surface area contributed by atoms with Crippen molar-refractivity contribution in [3.8, 4) is 0 Å². The van der Waals surface area contributed by atoms with Crippen molar-refractivity contribution in [1.82, 2.24) is 0 Å². The highest BCUT2D eigenvalue weighted by Crippen LogP contribution is 2.00. The number of carbonyl (C=O) groups is 4. The first kappa shape index (κ1) is 37.9. The monoisotopic (exact) mass is 433 g/mol. The molecular formula is C21H39NO8. The summed E-state index contributed by atoms with van der Waals surface area (Å²) < 4.78 is 0. The second kappa shape index (κ2) is 30.9. The smallest absolute Gasteiger partial charge is 0.303 e. The highest BCUT2D eigenvalue weighted by Gasteiger charge is 2.00. The van der Waals surface area contributed by atoms with Crippen molar-refractivity contribution in [2.75, 3.05) is 7.11 Å². The van der Waals surface area contributed by atoms with Crippen LogP contribution >= 0.6 is 0 Å². The molecule has 30 heavy (non-hydrogen) atoms. The van der Waals surface area contributed by atoms with Gasteiger partial charge in [-0.15, -0.1) is 0 Å². The van der Waals surface area contributed by atoms with Crippen LogP contribution in [0.15, 0.2) is 30.3 Å². The number of aryl methyl sites for hydroxylation is 1. The van der Waals surface area contributed by atoms with Crippen molar-refractivity contribution in [3.05, 3.63) is 35.9 Å². The summed E-state index contributed by atoms with van der Waals surface area (Å²) in [5, 5.41) is 29.7. The highest BCUT2D eigenvalue weighted by atomic mass is 16.4. The predicted molar refractivity (Wildman–Crippen MR) is 117 cm³/mol. The van der Waals surface area contributed by atoms with Crippen molar-refractivity contribution in [3.63, 3.8) is 0 Å². The lowest BCUT2D eigenvalue weighted by Gasteiger charge is -2.06. The van der Waals surface area contributed by atoms with Gasteiger partial charge in [-0.2, -0.15) is 0 Å². The number of aliphatic carboxylic acids is 2. The molecule has 0 heterocycles. The molecule has 0 saturated carbocycles. The van der Waals surface area contributed by atoms with E-state index in [-0.39, 0.29) is 24.9 Å². The minimum absolute atomic E-state index is 0. The van der Waals surface area contributed by atoms with Crippen LogP contribution in [-0.4, -0.2) is 57.8 Å². The fourth-order valence-corrected chi connectivity index (χ4v) is 1.08. The summed E-state index contributed by atoms with van der Waals surface area (Å²) >= 11 is 0. The van der Waals surface area contributed by atoms with Crippen molar-refractivity contribution in [1.29, 1.82) is 0 Å². The normalized spacial score (nSPS) is 8.13. The molecule has 0 aliphatic rings. The minimum atomic E-state index is -1.08. The van der Waals surface area contributed by atoms with Crippen LogP contribution in [0.5, 0.6) is 0 Å². The van der Waals surface area contributed by atoms with Crippen molar-refractivity contribution in [2.45, 2.75) is 65.8 Å². The Labute approximate surface area is 179 Å². The average molecular weight is 434 g/mol. The molecule has 0 aromatic heterocycles. The third-order valence-electron chi connectivity index (χ3n) is 1.95. The van der Waals surface area contributed by atoms with Gasteiger partial charge in [0.15, 0.2) is 0 Å². The summed E-state index contributed by atoms with van der Waals surface area (Å²) in [5.41, 5.74) is 6.59. The first-order chi connectivity index (χ1) is 14.0. The van der Waals surface area contributed by atoms with Gasteiger partial charge in [-0.05, 0) is 32.8 Å². The topological polar surface area (TPSA) is 175 Å². The molecule has 0 aliphatic carbocycles. The number of rotatable bonds is 6. The Bertz CT molecular complexity index is 479. The van der Waals surface area contributed by atoms with Crippen LogP contribution in [0.1, 0.15) is 59.4 Å². The van der Waals surface area contributed by atoms with Crippen molar-refractivity contribution in [2.24, 2.45) is 5.73 Å². The fraction of sp³-hybridized carbons (Fsp3) is 0.524. The van der Waals surface area contributed by atoms with Gasteiger partial charge in [0.1, 0.15) is 6.29 Å². The molecule has 9 nitrogen and oxygen atoms in total. The van der Waals surface area contributed by atoms with E-state index in [1.54, 1.807) is 0 Å². The van der Waals surface area contributed by atoms with E-state index in [0.717, 1.165) is 19.8 Å². The van der Waals surface area contributed by atoms with Crippen molar-refractivity contribution < 1.29 is 39.6 Å². The molecule has 0 aliphatic heterocycles. The van der Waals surface area contributed by atoms with Crippen LogP contribution in [0, 0.1) is 0 Å². The highest BCUT2D eigenvalue weighted by molar-refractivity contribution is 5.75. The molecule has 0 fully saturated rings. The number of aliphatic hydroxyl groups is 1. The molecular weight excluding hydrogens is 394 g/mol. The summed E-state index contributed by atoms with van der Waals surface area (Å²) in [6.07, 6.45) is 1.85. The first-order valence-corrected chi connectivity index (χ1v) is 9.20. The van der Waals surface area contributed by atoms with Gasteiger partial charge in [-0.3, -0.25) is 14.4 Å². The maximum atomic E-state index is 9.98. The Morgan fingerprint density at radius 3 is 1.47 bits per heavy atom. The maximum Gasteiger partial charge on any atom is 0.303 e. The van der Waals surface area contributed by atoms with Gasteiger partial charge in [0.25, 0.3) is 6.47 Å². The molecule has 0 unspecified atom stereocenters. The first-order valence-electron chi connectivity index (χ1n) is 9.20. The second-order valence-corrected chi connectivity index (χ2v) is 5.95. The predicted octanol–water partition coefficient (Wildman–Crippen LogP) is 2.83. The molecule has 1 aromatic rings. The molecule has 0 bridgehead atoms. The van der Waals surface area contributed by atoms with E-state index in [1.165, 1.54) is 5.56 Å². The molecule has 1 aromatic carbocycles. The molecule has 1 rings (SSSR count). The lowest BCUT2D eigenvalue weighted by molar-refractivity contribution is -0.143. The van der Waals surface area contributed by atoms with E-state index in [1.807, 2.05) is 65.0 Å². The number of hydrogen-bond acceptors (Lipinski definition) is 6. The summed E-state index contributed by atoms with van der Waals surface area (Å²) in [4.78, 5) is 37.6. The summed E-state index contributed by atoms with van der Waals surface area (Å²) in [5.74, 6) is -2.15. The zero-order valence-electron chi connectivity index (χ0n) is 18.9. The molecule has 0 spiro atoms. The SMILES string of the molecule is CC.CC(C)(C)N.CO.O=C(O)CCC(=O)O.O=CCCc1ccccc1.O=CO. The summed E-state index contributed by atoms with van der Waals surface area (Å²) in [6.45, 7) is 9.65. The number of nitrogens with two attached hydrogens (primary N) is 1. The quantitative estimate of drug-likeness (QED) is 0.422. The number of hydrogen-bond donors (Lipinski definition) is 5. The number of benzene rings is 1. The van der Waals surface area contributed by atoms with Crippen LogP contribution < -0.4 is 5.73 Å². The molecule has 0 radical (unpaired) electrons. The zero-order chi connectivity index (χ0) is 25.0. The van der Waals surface area contributed by atoms with E-state index >= 15 is 0 Å². The third kappa shape index (κ3) is 73.2. The van der Waals surface area contributed by atoms with E-state index < -0.39 is 11.9 Å². The lowest BCUT2D eigenvalue weighted by Crippen LogP contribution is -2.26. The minimum Gasteiger partial charge on any atom is -0.483 e. The van der Waals surface area contributed by atoms with E-state index in [9.17, 15) is 14.4 Å². The Morgan fingerprint density at radius 2 is 1.23 bits per heavy atom. The molecule has 0 amide bonds. The van der Waals surface area contributed by atoms with Gasteiger partial charge >= 0.3 is 11.9 Å². The van der Waals surface area contributed by atoms with E-state index in [0.29, 0.717) is 6.42 Å². The average Bonchev–Trinajstić information content (AvgIpc) is 2.68. The van der Waals surface area contributed by atoms with Gasteiger partial charge in [-0.1, -0.05) is 44.2 Å². The molecule has 6 N–H and O–H groups in total. The lowest BCUT2D eigenvalue weighted by atomic mass is 10.1. The summed E-state index contributed by atoms with van der Waals surface area (Å²) in [7, 11) is 1.00. The van der Waals surface area contributed by atoms with Gasteiger partial charge in [0.2, 0.25) is 0 Å². The van der Waals surface area contributed by atoms with Crippen molar-refractivity contribution >= 4 is 24.7 Å². The number of carboxylic acid groups (broad SMARTS) is 3. The number of aldehydes is 1. The van der Waals surface area contributed by atoms with Crippen LogP contribution in [0.4, 0.5) is 0 Å². The Morgan fingerprint density at radius 1 is 0.933 bits per heavy atom. The molecule has 9 heteroatoms. The fourth-order valence-electron chi connectivity index (χ4n) is 1.08. The number of carbonyl (C=O) groups excluding carboxylic acids is 1. The molecule has 176 valence electrons. The standard InChI is InChI=1S/C9H10O.C4H11N.C4H6O4.C2H6.CH2O2.CH4O/c10-8-4-7-9-5-2-1-3-6-9;1-4(2,3)5;5-3(6)1-2-4(7)8;1-2;2-1-3;1-2/h1-3,5-6,8H,4,7H2;5H2,1-3H3;1-2H2,(H,5,6)(H,7,8);1-2H3;1H,(H,2,3);2H,1H3. The molecule has 0 atom stereocenters. The van der Waals surface area contributed by atoms with Crippen LogP contribution in [0.3, 0.4) is 0 Å². The van der Waals surface area contributed by atoms with Crippen LogP contribution in [0.2, 0.25) is 0 Å². The Hall–Kier alpha value is -2.78. The van der Waals surface area contributed by atoms with Gasteiger partial charge < -0.3 is 31.0 Å². The van der Waals surface area contributed by atoms with Gasteiger partial charge in [0.05, 0.1) is 12.8 Å². The second-order valence-electron chi connectivity index (χ2n) is 5.95. The number of carboxylic acids is 2. The number of aliphatic hydroxyl groups excluding tert-OH is 1. The van der Waals surface area contributed by atoms with Crippen LogP contribution in [-0.2, 0) is 25.6 Å². The van der Waals surface area contributed by atoms with Crippen LogP contribution in [0.25, 0.3) is 0 Å².